The maximum atomic E-state index is 10.1. The van der Waals surface area contributed by atoms with Gasteiger partial charge in [-0.25, -0.2) is 0 Å². The van der Waals surface area contributed by atoms with Crippen LogP contribution in [-0.2, 0) is 0 Å². The zero-order valence-corrected chi connectivity index (χ0v) is 11.0. The maximum Gasteiger partial charge on any atom is 0.115 e. The summed E-state index contributed by atoms with van der Waals surface area (Å²) in [6, 6.07) is 6.89. The van der Waals surface area contributed by atoms with E-state index < -0.39 is 6.10 Å². The molecule has 0 saturated heterocycles. The van der Waals surface area contributed by atoms with Crippen molar-refractivity contribution in [3.05, 3.63) is 55.2 Å². The first-order chi connectivity index (χ1) is 7.59. The van der Waals surface area contributed by atoms with E-state index in [4.69, 9.17) is 34.8 Å². The van der Waals surface area contributed by atoms with Crippen molar-refractivity contribution in [2.45, 2.75) is 6.10 Å². The topological polar surface area (TPSA) is 20.2 Å². The van der Waals surface area contributed by atoms with Gasteiger partial charge in [0.25, 0.3) is 0 Å². The standard InChI is InChI=1S/C11H7Cl3OS/c12-6-4-9(16-5-6)11(15)7-2-1-3-8(13)10(7)14/h1-5,11,15H. The molecule has 0 saturated carbocycles. The molecule has 0 spiro atoms. The van der Waals surface area contributed by atoms with Crippen molar-refractivity contribution in [1.82, 2.24) is 0 Å². The lowest BCUT2D eigenvalue weighted by Gasteiger charge is -2.11. The van der Waals surface area contributed by atoms with Crippen molar-refractivity contribution in [2.75, 3.05) is 0 Å². The van der Waals surface area contributed by atoms with Gasteiger partial charge in [0, 0.05) is 15.8 Å². The van der Waals surface area contributed by atoms with Gasteiger partial charge in [0.15, 0.2) is 0 Å². The molecule has 1 aromatic carbocycles. The fraction of sp³-hybridized carbons (Fsp3) is 0.0909. The van der Waals surface area contributed by atoms with Crippen LogP contribution >= 0.6 is 46.1 Å². The molecular formula is C11H7Cl3OS. The summed E-state index contributed by atoms with van der Waals surface area (Å²) in [5, 5.41) is 13.3. The first-order valence-electron chi connectivity index (χ1n) is 4.45. The summed E-state index contributed by atoms with van der Waals surface area (Å²) in [6.45, 7) is 0. The number of benzene rings is 1. The van der Waals surface area contributed by atoms with Gasteiger partial charge in [-0.15, -0.1) is 11.3 Å². The van der Waals surface area contributed by atoms with Crippen LogP contribution in [0.15, 0.2) is 29.6 Å². The number of aliphatic hydroxyl groups excluding tert-OH is 1. The Balaban J connectivity index is 2.41. The minimum Gasteiger partial charge on any atom is -0.383 e. The van der Waals surface area contributed by atoms with Gasteiger partial charge in [-0.1, -0.05) is 46.9 Å². The average Bonchev–Trinajstić information content (AvgIpc) is 2.68. The molecule has 2 rings (SSSR count). The molecule has 0 bridgehead atoms. The summed E-state index contributed by atoms with van der Waals surface area (Å²) in [5.74, 6) is 0. The largest absolute Gasteiger partial charge is 0.383 e. The van der Waals surface area contributed by atoms with Crippen molar-refractivity contribution < 1.29 is 5.11 Å². The SMILES string of the molecule is OC(c1cc(Cl)cs1)c1cccc(Cl)c1Cl. The van der Waals surface area contributed by atoms with Gasteiger partial charge in [-0.05, 0) is 12.1 Å². The van der Waals surface area contributed by atoms with Crippen molar-refractivity contribution in [3.63, 3.8) is 0 Å². The lowest BCUT2D eigenvalue weighted by molar-refractivity contribution is 0.224. The third-order valence-corrected chi connectivity index (χ3v) is 4.30. The number of aliphatic hydroxyl groups is 1. The number of halogens is 3. The second kappa shape index (κ2) is 4.94. The van der Waals surface area contributed by atoms with E-state index in [1.807, 2.05) is 0 Å². The maximum absolute atomic E-state index is 10.1. The number of rotatable bonds is 2. The van der Waals surface area contributed by atoms with Gasteiger partial charge >= 0.3 is 0 Å². The molecule has 0 radical (unpaired) electrons. The Morgan fingerprint density at radius 3 is 2.56 bits per heavy atom. The van der Waals surface area contributed by atoms with Crippen LogP contribution < -0.4 is 0 Å². The molecule has 16 heavy (non-hydrogen) atoms. The Morgan fingerprint density at radius 1 is 1.19 bits per heavy atom. The van der Waals surface area contributed by atoms with Crippen LogP contribution in [0.1, 0.15) is 16.5 Å². The third kappa shape index (κ3) is 2.36. The Morgan fingerprint density at radius 2 is 1.94 bits per heavy atom. The molecule has 0 aliphatic rings. The van der Waals surface area contributed by atoms with Crippen molar-refractivity contribution in [1.29, 1.82) is 0 Å². The normalized spacial score (nSPS) is 12.8. The summed E-state index contributed by atoms with van der Waals surface area (Å²) in [5.41, 5.74) is 0.590. The van der Waals surface area contributed by atoms with Gasteiger partial charge in [-0.3, -0.25) is 0 Å². The molecule has 0 aliphatic heterocycles. The van der Waals surface area contributed by atoms with E-state index in [0.717, 1.165) is 4.88 Å². The van der Waals surface area contributed by atoms with E-state index in [1.165, 1.54) is 11.3 Å². The fourth-order valence-electron chi connectivity index (χ4n) is 1.36. The molecule has 1 unspecified atom stereocenters. The number of hydrogen-bond acceptors (Lipinski definition) is 2. The smallest absolute Gasteiger partial charge is 0.115 e. The molecule has 2 aromatic rings. The highest BCUT2D eigenvalue weighted by atomic mass is 35.5. The number of thiophene rings is 1. The summed E-state index contributed by atoms with van der Waals surface area (Å²) in [4.78, 5) is 0.745. The summed E-state index contributed by atoms with van der Waals surface area (Å²) in [6.07, 6.45) is -0.788. The molecule has 1 atom stereocenters. The first kappa shape index (κ1) is 12.2. The summed E-state index contributed by atoms with van der Waals surface area (Å²) in [7, 11) is 0. The Labute approximate surface area is 112 Å². The molecule has 0 amide bonds. The highest BCUT2D eigenvalue weighted by molar-refractivity contribution is 7.10. The van der Waals surface area contributed by atoms with E-state index >= 15 is 0 Å². The highest BCUT2D eigenvalue weighted by Gasteiger charge is 2.17. The van der Waals surface area contributed by atoms with Crippen LogP contribution in [0.3, 0.4) is 0 Å². The quantitative estimate of drug-likeness (QED) is 0.844. The highest BCUT2D eigenvalue weighted by Crippen LogP contribution is 2.35. The van der Waals surface area contributed by atoms with Gasteiger partial charge in [-0.2, -0.15) is 0 Å². The molecule has 0 fully saturated rings. The Kier molecular flexibility index (Phi) is 3.77. The van der Waals surface area contributed by atoms with E-state index in [-0.39, 0.29) is 0 Å². The van der Waals surface area contributed by atoms with Crippen LogP contribution in [0, 0.1) is 0 Å². The average molecular weight is 294 g/mol. The predicted molar refractivity (Wildman–Crippen MR) is 69.9 cm³/mol. The zero-order chi connectivity index (χ0) is 11.7. The second-order valence-electron chi connectivity index (χ2n) is 3.21. The molecule has 1 heterocycles. The Bertz CT molecular complexity index is 510. The van der Waals surface area contributed by atoms with Gasteiger partial charge < -0.3 is 5.11 Å². The van der Waals surface area contributed by atoms with Crippen molar-refractivity contribution in [2.24, 2.45) is 0 Å². The Hall–Kier alpha value is -0.250. The monoisotopic (exact) mass is 292 g/mol. The summed E-state index contributed by atoms with van der Waals surface area (Å²) >= 11 is 19.1. The molecule has 84 valence electrons. The molecular weight excluding hydrogens is 287 g/mol. The van der Waals surface area contributed by atoms with E-state index in [2.05, 4.69) is 0 Å². The van der Waals surface area contributed by atoms with Crippen LogP contribution in [0.25, 0.3) is 0 Å². The van der Waals surface area contributed by atoms with E-state index in [9.17, 15) is 5.11 Å². The van der Waals surface area contributed by atoms with Crippen molar-refractivity contribution in [3.8, 4) is 0 Å². The van der Waals surface area contributed by atoms with Crippen LogP contribution in [-0.4, -0.2) is 5.11 Å². The zero-order valence-electron chi connectivity index (χ0n) is 7.95. The van der Waals surface area contributed by atoms with Gasteiger partial charge in [0.1, 0.15) is 6.10 Å². The van der Waals surface area contributed by atoms with Crippen molar-refractivity contribution >= 4 is 46.1 Å². The van der Waals surface area contributed by atoms with E-state index in [0.29, 0.717) is 20.6 Å². The molecule has 1 N–H and O–H groups in total. The molecule has 0 aliphatic carbocycles. The van der Waals surface area contributed by atoms with Gasteiger partial charge in [0.2, 0.25) is 0 Å². The molecule has 1 aromatic heterocycles. The fourth-order valence-corrected chi connectivity index (χ4v) is 2.85. The lowest BCUT2D eigenvalue weighted by Crippen LogP contribution is -1.98. The third-order valence-electron chi connectivity index (χ3n) is 2.13. The molecule has 1 nitrogen and oxygen atoms in total. The van der Waals surface area contributed by atoms with Crippen LogP contribution in [0.5, 0.6) is 0 Å². The second-order valence-corrected chi connectivity index (χ2v) is 5.38. The minimum atomic E-state index is -0.788. The molecule has 5 heteroatoms. The lowest BCUT2D eigenvalue weighted by atomic mass is 10.1. The first-order valence-corrected chi connectivity index (χ1v) is 6.47. The minimum absolute atomic E-state index is 0.376. The summed E-state index contributed by atoms with van der Waals surface area (Å²) < 4.78 is 0. The van der Waals surface area contributed by atoms with E-state index in [1.54, 1.807) is 29.6 Å². The predicted octanol–water partition coefficient (Wildman–Crippen LogP) is 4.79. The van der Waals surface area contributed by atoms with Crippen LogP contribution in [0.4, 0.5) is 0 Å². The number of hydrogen-bond donors (Lipinski definition) is 1. The van der Waals surface area contributed by atoms with Gasteiger partial charge in [0.05, 0.1) is 15.1 Å². The van der Waals surface area contributed by atoms with Crippen LogP contribution in [0.2, 0.25) is 15.1 Å².